The molecule has 0 saturated carbocycles. The Hall–Kier alpha value is -1.78. The Bertz CT molecular complexity index is 319. The van der Waals surface area contributed by atoms with Crippen LogP contribution in [0.1, 0.15) is 23.4 Å². The number of amides is 2. The first-order chi connectivity index (χ1) is 7.24. The summed E-state index contributed by atoms with van der Waals surface area (Å²) in [7, 11) is 1.59. The summed E-state index contributed by atoms with van der Waals surface area (Å²) in [5, 5.41) is 5.16. The zero-order valence-electron chi connectivity index (χ0n) is 8.58. The van der Waals surface area contributed by atoms with Gasteiger partial charge in [-0.3, -0.25) is 9.59 Å². The van der Waals surface area contributed by atoms with Crippen LogP contribution in [0.5, 0.6) is 0 Å². The van der Waals surface area contributed by atoms with Gasteiger partial charge >= 0.3 is 0 Å². The first-order valence-corrected chi connectivity index (χ1v) is 4.76. The zero-order valence-corrected chi connectivity index (χ0v) is 8.58. The fourth-order valence-electron chi connectivity index (χ4n) is 1.07. The highest BCUT2D eigenvalue weighted by molar-refractivity contribution is 5.91. The molecule has 82 valence electrons. The second-order valence-electron chi connectivity index (χ2n) is 3.01. The highest BCUT2D eigenvalue weighted by atomic mass is 16.3. The Balaban J connectivity index is 2.16. The monoisotopic (exact) mass is 210 g/mol. The lowest BCUT2D eigenvalue weighted by molar-refractivity contribution is -0.120. The van der Waals surface area contributed by atoms with Crippen LogP contribution in [-0.2, 0) is 4.79 Å². The second kappa shape index (κ2) is 5.85. The SMILES string of the molecule is CNC(=O)CCCNC(=O)c1ccco1. The number of furan rings is 1. The maximum absolute atomic E-state index is 11.3. The fourth-order valence-corrected chi connectivity index (χ4v) is 1.07. The van der Waals surface area contributed by atoms with Gasteiger partial charge in [0.25, 0.3) is 5.91 Å². The molecule has 0 atom stereocenters. The van der Waals surface area contributed by atoms with E-state index in [-0.39, 0.29) is 17.6 Å². The number of carbonyl (C=O) groups excluding carboxylic acids is 2. The summed E-state index contributed by atoms with van der Waals surface area (Å²) in [5.41, 5.74) is 0. The third kappa shape index (κ3) is 3.84. The standard InChI is InChI=1S/C10H14N2O3/c1-11-9(13)5-2-6-12-10(14)8-4-3-7-15-8/h3-4,7H,2,5-6H2,1H3,(H,11,13)(H,12,14). The molecule has 2 amide bonds. The van der Waals surface area contributed by atoms with Crippen LogP contribution in [0.3, 0.4) is 0 Å². The smallest absolute Gasteiger partial charge is 0.286 e. The van der Waals surface area contributed by atoms with Crippen LogP contribution in [0, 0.1) is 0 Å². The van der Waals surface area contributed by atoms with Gasteiger partial charge in [0.2, 0.25) is 5.91 Å². The quantitative estimate of drug-likeness (QED) is 0.696. The highest BCUT2D eigenvalue weighted by Gasteiger charge is 2.06. The summed E-state index contributed by atoms with van der Waals surface area (Å²) < 4.78 is 4.90. The van der Waals surface area contributed by atoms with Crippen molar-refractivity contribution < 1.29 is 14.0 Å². The lowest BCUT2D eigenvalue weighted by Crippen LogP contribution is -2.25. The van der Waals surface area contributed by atoms with Crippen molar-refractivity contribution in [1.82, 2.24) is 10.6 Å². The molecule has 0 spiro atoms. The van der Waals surface area contributed by atoms with Gasteiger partial charge in [0.05, 0.1) is 6.26 Å². The van der Waals surface area contributed by atoms with E-state index in [0.717, 1.165) is 0 Å². The molecule has 0 aliphatic rings. The molecule has 0 saturated heterocycles. The summed E-state index contributed by atoms with van der Waals surface area (Å²) >= 11 is 0. The van der Waals surface area contributed by atoms with Gasteiger partial charge in [0.1, 0.15) is 0 Å². The van der Waals surface area contributed by atoms with Crippen LogP contribution in [0.4, 0.5) is 0 Å². The van der Waals surface area contributed by atoms with Gasteiger partial charge in [-0.2, -0.15) is 0 Å². The minimum absolute atomic E-state index is 0.0257. The summed E-state index contributed by atoms with van der Waals surface area (Å²) in [6.07, 6.45) is 2.47. The van der Waals surface area contributed by atoms with E-state index in [1.165, 1.54) is 6.26 Å². The Morgan fingerprint density at radius 1 is 1.47 bits per heavy atom. The number of hydrogen-bond donors (Lipinski definition) is 2. The van der Waals surface area contributed by atoms with Crippen molar-refractivity contribution in [2.45, 2.75) is 12.8 Å². The molecular weight excluding hydrogens is 196 g/mol. The van der Waals surface area contributed by atoms with Crippen molar-refractivity contribution in [1.29, 1.82) is 0 Å². The van der Waals surface area contributed by atoms with E-state index in [4.69, 9.17) is 4.42 Å². The molecule has 0 unspecified atom stereocenters. The van der Waals surface area contributed by atoms with E-state index in [1.807, 2.05) is 0 Å². The molecule has 5 heteroatoms. The predicted molar refractivity (Wildman–Crippen MR) is 54.3 cm³/mol. The number of nitrogens with one attached hydrogen (secondary N) is 2. The van der Waals surface area contributed by atoms with E-state index in [9.17, 15) is 9.59 Å². The van der Waals surface area contributed by atoms with Crippen LogP contribution in [-0.4, -0.2) is 25.4 Å². The average Bonchev–Trinajstić information content (AvgIpc) is 2.77. The van der Waals surface area contributed by atoms with Gasteiger partial charge in [-0.1, -0.05) is 0 Å². The molecule has 0 fully saturated rings. The van der Waals surface area contributed by atoms with E-state index < -0.39 is 0 Å². The lowest BCUT2D eigenvalue weighted by atomic mass is 10.3. The lowest BCUT2D eigenvalue weighted by Gasteiger charge is -2.02. The third-order valence-corrected chi connectivity index (χ3v) is 1.89. The molecule has 15 heavy (non-hydrogen) atoms. The molecule has 0 radical (unpaired) electrons. The second-order valence-corrected chi connectivity index (χ2v) is 3.01. The minimum Gasteiger partial charge on any atom is -0.459 e. The molecule has 1 aromatic rings. The Labute approximate surface area is 87.8 Å². The first kappa shape index (κ1) is 11.3. The van der Waals surface area contributed by atoms with Crippen molar-refractivity contribution in [3.05, 3.63) is 24.2 Å². The van der Waals surface area contributed by atoms with Crippen molar-refractivity contribution >= 4 is 11.8 Å². The van der Waals surface area contributed by atoms with Gasteiger partial charge in [-0.05, 0) is 18.6 Å². The average molecular weight is 210 g/mol. The maximum Gasteiger partial charge on any atom is 0.286 e. The molecule has 1 heterocycles. The molecule has 0 bridgehead atoms. The van der Waals surface area contributed by atoms with E-state index >= 15 is 0 Å². The van der Waals surface area contributed by atoms with E-state index in [0.29, 0.717) is 19.4 Å². The Morgan fingerprint density at radius 3 is 2.87 bits per heavy atom. The summed E-state index contributed by atoms with van der Waals surface area (Å²) in [6, 6.07) is 3.24. The van der Waals surface area contributed by atoms with Crippen LogP contribution < -0.4 is 10.6 Å². The molecular formula is C10H14N2O3. The molecule has 0 aliphatic heterocycles. The predicted octanol–water partition coefficient (Wildman–Crippen LogP) is 0.536. The van der Waals surface area contributed by atoms with Crippen molar-refractivity contribution in [2.24, 2.45) is 0 Å². The summed E-state index contributed by atoms with van der Waals surface area (Å²) in [5.74, 6) is 0.00842. The molecule has 0 aromatic carbocycles. The number of carbonyl (C=O) groups is 2. The van der Waals surface area contributed by atoms with Crippen LogP contribution in [0.25, 0.3) is 0 Å². The molecule has 0 aliphatic carbocycles. The fraction of sp³-hybridized carbons (Fsp3) is 0.400. The topological polar surface area (TPSA) is 71.3 Å². The summed E-state index contributed by atoms with van der Waals surface area (Å²) in [6.45, 7) is 0.465. The van der Waals surface area contributed by atoms with Crippen LogP contribution in [0.2, 0.25) is 0 Å². The van der Waals surface area contributed by atoms with Crippen molar-refractivity contribution in [2.75, 3.05) is 13.6 Å². The van der Waals surface area contributed by atoms with Gasteiger partial charge in [0, 0.05) is 20.0 Å². The third-order valence-electron chi connectivity index (χ3n) is 1.89. The molecule has 5 nitrogen and oxygen atoms in total. The Kier molecular flexibility index (Phi) is 4.40. The minimum atomic E-state index is -0.253. The van der Waals surface area contributed by atoms with Crippen LogP contribution in [0.15, 0.2) is 22.8 Å². The van der Waals surface area contributed by atoms with Gasteiger partial charge in [-0.15, -0.1) is 0 Å². The molecule has 1 rings (SSSR count). The molecule has 1 aromatic heterocycles. The molecule has 2 N–H and O–H groups in total. The maximum atomic E-state index is 11.3. The van der Waals surface area contributed by atoms with E-state index in [1.54, 1.807) is 19.2 Å². The van der Waals surface area contributed by atoms with Crippen molar-refractivity contribution in [3.8, 4) is 0 Å². The Morgan fingerprint density at radius 2 is 2.27 bits per heavy atom. The zero-order chi connectivity index (χ0) is 11.1. The first-order valence-electron chi connectivity index (χ1n) is 4.76. The van der Waals surface area contributed by atoms with Crippen molar-refractivity contribution in [3.63, 3.8) is 0 Å². The largest absolute Gasteiger partial charge is 0.459 e. The van der Waals surface area contributed by atoms with Crippen LogP contribution >= 0.6 is 0 Å². The van der Waals surface area contributed by atoms with Gasteiger partial charge in [0.15, 0.2) is 5.76 Å². The van der Waals surface area contributed by atoms with Gasteiger partial charge in [-0.25, -0.2) is 0 Å². The van der Waals surface area contributed by atoms with E-state index in [2.05, 4.69) is 10.6 Å². The normalized spacial score (nSPS) is 9.67. The summed E-state index contributed by atoms with van der Waals surface area (Å²) in [4.78, 5) is 22.2. The number of rotatable bonds is 5. The number of hydrogen-bond acceptors (Lipinski definition) is 3. The van der Waals surface area contributed by atoms with Gasteiger partial charge < -0.3 is 15.1 Å². The highest BCUT2D eigenvalue weighted by Crippen LogP contribution is 1.99.